The predicted octanol–water partition coefficient (Wildman–Crippen LogP) is 3.13. The number of nitrogens with one attached hydrogen (secondary N) is 1. The number of fused-ring (bicyclic) bond motifs is 1. The van der Waals surface area contributed by atoms with Crippen LogP contribution in [0.25, 0.3) is 33.7 Å². The van der Waals surface area contributed by atoms with Crippen LogP contribution in [0.5, 0.6) is 11.5 Å². The molecule has 0 atom stereocenters. The summed E-state index contributed by atoms with van der Waals surface area (Å²) in [4.78, 5) is 17.6. The third-order valence-corrected chi connectivity index (χ3v) is 5.97. The molecule has 4 aromatic rings. The van der Waals surface area contributed by atoms with Crippen LogP contribution in [0.3, 0.4) is 0 Å². The first-order valence-electron chi connectivity index (χ1n) is 10.7. The molecule has 1 aliphatic rings. The average molecular weight is 467 g/mol. The Balaban J connectivity index is 1.49. The van der Waals surface area contributed by atoms with Gasteiger partial charge in [0.2, 0.25) is 0 Å². The van der Waals surface area contributed by atoms with Crippen molar-refractivity contribution < 1.29 is 18.3 Å². The van der Waals surface area contributed by atoms with Crippen molar-refractivity contribution in [3.8, 4) is 34.1 Å². The highest BCUT2D eigenvalue weighted by molar-refractivity contribution is 5.91. The van der Waals surface area contributed by atoms with E-state index in [-0.39, 0.29) is 23.0 Å². The minimum Gasteiger partial charge on any atom is -0.494 e. The summed E-state index contributed by atoms with van der Waals surface area (Å²) in [6.07, 6.45) is 3.25. The maximum atomic E-state index is 14.9. The van der Waals surface area contributed by atoms with Crippen LogP contribution in [0.2, 0.25) is 0 Å². The highest BCUT2D eigenvalue weighted by atomic mass is 19.1. The number of hydrogen-bond donors (Lipinski definition) is 1. The number of H-pyrrole nitrogens is 1. The molecule has 0 aliphatic carbocycles. The van der Waals surface area contributed by atoms with Gasteiger partial charge in [0.1, 0.15) is 5.82 Å². The number of ether oxygens (including phenoxy) is 2. The first-order chi connectivity index (χ1) is 16.5. The van der Waals surface area contributed by atoms with E-state index >= 15 is 0 Å². The van der Waals surface area contributed by atoms with Crippen LogP contribution >= 0.6 is 0 Å². The van der Waals surface area contributed by atoms with Crippen molar-refractivity contribution >= 4 is 16.9 Å². The van der Waals surface area contributed by atoms with Crippen molar-refractivity contribution in [3.63, 3.8) is 0 Å². The largest absolute Gasteiger partial charge is 0.494 e. The molecule has 176 valence electrons. The van der Waals surface area contributed by atoms with Gasteiger partial charge < -0.3 is 19.3 Å². The van der Waals surface area contributed by atoms with E-state index in [0.29, 0.717) is 11.1 Å². The van der Waals surface area contributed by atoms with E-state index in [1.54, 1.807) is 6.20 Å². The summed E-state index contributed by atoms with van der Waals surface area (Å²) >= 11 is 0. The Morgan fingerprint density at radius 1 is 0.941 bits per heavy atom. The van der Waals surface area contributed by atoms with E-state index < -0.39 is 17.2 Å². The van der Waals surface area contributed by atoms with Gasteiger partial charge in [0.15, 0.2) is 34.6 Å². The lowest BCUT2D eigenvalue weighted by molar-refractivity contribution is 0.312. The number of pyridine rings is 1. The number of nitrogens with zero attached hydrogens (tertiary/aromatic N) is 6. The average Bonchev–Trinajstić information content (AvgIpc) is 3.28. The van der Waals surface area contributed by atoms with Gasteiger partial charge in [0.05, 0.1) is 30.9 Å². The molecule has 4 heterocycles. The molecule has 1 saturated heterocycles. The number of methoxy groups -OCH3 is 2. The number of benzene rings is 1. The fraction of sp³-hybridized carbons (Fsp3) is 0.304. The van der Waals surface area contributed by atoms with Crippen molar-refractivity contribution in [2.75, 3.05) is 52.3 Å². The van der Waals surface area contributed by atoms with Crippen LogP contribution in [-0.4, -0.2) is 77.5 Å². The van der Waals surface area contributed by atoms with Crippen LogP contribution in [0.1, 0.15) is 0 Å². The summed E-state index contributed by atoms with van der Waals surface area (Å²) in [5.74, 6) is -1.44. The monoisotopic (exact) mass is 467 g/mol. The maximum absolute atomic E-state index is 14.9. The first kappa shape index (κ1) is 22.0. The number of hydrogen-bond acceptors (Lipinski definition) is 8. The lowest BCUT2D eigenvalue weighted by Gasteiger charge is -2.33. The molecule has 3 aromatic heterocycles. The predicted molar refractivity (Wildman–Crippen MR) is 123 cm³/mol. The molecule has 1 fully saturated rings. The van der Waals surface area contributed by atoms with Crippen molar-refractivity contribution in [2.45, 2.75) is 0 Å². The standard InChI is InChI=1S/C23H23F2N7O2/c1-31-6-8-32(9-7-31)17-5-4-13(11-26-17)21-14-12-27-23(28-22(14)30-29-21)18-19(24)15(33-2)10-16(34-3)20(18)25/h4-5,10-12H,6-9H2,1-3H3,(H,27,28,29,30). The van der Waals surface area contributed by atoms with Gasteiger partial charge in [-0.3, -0.25) is 5.10 Å². The molecule has 0 amide bonds. The fourth-order valence-electron chi connectivity index (χ4n) is 3.98. The molecule has 1 N–H and O–H groups in total. The molecule has 0 unspecified atom stereocenters. The van der Waals surface area contributed by atoms with Gasteiger partial charge in [-0.15, -0.1) is 0 Å². The number of anilines is 1. The van der Waals surface area contributed by atoms with Gasteiger partial charge in [0, 0.05) is 50.2 Å². The Morgan fingerprint density at radius 2 is 1.65 bits per heavy atom. The molecule has 9 nitrogen and oxygen atoms in total. The number of piperazine rings is 1. The zero-order valence-corrected chi connectivity index (χ0v) is 19.0. The summed E-state index contributed by atoms with van der Waals surface area (Å²) in [6.45, 7) is 3.84. The van der Waals surface area contributed by atoms with Gasteiger partial charge in [-0.25, -0.2) is 23.7 Å². The molecule has 0 radical (unpaired) electrons. The summed E-state index contributed by atoms with van der Waals surface area (Å²) in [7, 11) is 4.68. The summed E-state index contributed by atoms with van der Waals surface area (Å²) in [5, 5.41) is 7.76. The molecular formula is C23H23F2N7O2. The third kappa shape index (κ3) is 3.77. The molecule has 0 spiro atoms. The van der Waals surface area contributed by atoms with Crippen LogP contribution in [0, 0.1) is 11.6 Å². The van der Waals surface area contributed by atoms with Crippen molar-refractivity contribution in [3.05, 3.63) is 42.2 Å². The van der Waals surface area contributed by atoms with E-state index in [0.717, 1.165) is 43.6 Å². The lowest BCUT2D eigenvalue weighted by Crippen LogP contribution is -2.44. The number of halogens is 2. The van der Waals surface area contributed by atoms with Gasteiger partial charge >= 0.3 is 0 Å². The Labute approximate surface area is 194 Å². The molecule has 34 heavy (non-hydrogen) atoms. The second-order valence-corrected chi connectivity index (χ2v) is 8.01. The van der Waals surface area contributed by atoms with E-state index in [9.17, 15) is 8.78 Å². The second-order valence-electron chi connectivity index (χ2n) is 8.01. The highest BCUT2D eigenvalue weighted by Gasteiger charge is 2.24. The minimum absolute atomic E-state index is 0.165. The zero-order chi connectivity index (χ0) is 23.8. The Hall–Kier alpha value is -3.86. The summed E-state index contributed by atoms with van der Waals surface area (Å²) in [6, 6.07) is 5.06. The van der Waals surface area contributed by atoms with E-state index in [1.807, 2.05) is 12.1 Å². The van der Waals surface area contributed by atoms with Crippen LogP contribution in [0.4, 0.5) is 14.6 Å². The lowest BCUT2D eigenvalue weighted by atomic mass is 10.1. The Morgan fingerprint density at radius 3 is 2.26 bits per heavy atom. The van der Waals surface area contributed by atoms with Crippen molar-refractivity contribution in [1.82, 2.24) is 30.0 Å². The van der Waals surface area contributed by atoms with E-state index in [2.05, 4.69) is 42.0 Å². The molecule has 11 heteroatoms. The zero-order valence-electron chi connectivity index (χ0n) is 19.0. The van der Waals surface area contributed by atoms with Crippen molar-refractivity contribution in [1.29, 1.82) is 0 Å². The molecule has 0 bridgehead atoms. The minimum atomic E-state index is -0.917. The van der Waals surface area contributed by atoms with Gasteiger partial charge in [-0.2, -0.15) is 5.10 Å². The number of rotatable bonds is 5. The first-order valence-corrected chi connectivity index (χ1v) is 10.7. The molecule has 0 saturated carbocycles. The van der Waals surface area contributed by atoms with Crippen LogP contribution in [-0.2, 0) is 0 Å². The Bertz CT molecular complexity index is 1310. The number of aromatic nitrogens is 5. The highest BCUT2D eigenvalue weighted by Crippen LogP contribution is 2.37. The van der Waals surface area contributed by atoms with E-state index in [4.69, 9.17) is 9.47 Å². The van der Waals surface area contributed by atoms with Crippen LogP contribution < -0.4 is 14.4 Å². The topological polar surface area (TPSA) is 92.3 Å². The smallest absolute Gasteiger partial charge is 0.185 e. The number of likely N-dealkylation sites (N-methyl/N-ethyl adjacent to an activating group) is 1. The quantitative estimate of drug-likeness (QED) is 0.479. The summed E-state index contributed by atoms with van der Waals surface area (Å²) < 4.78 is 39.8. The van der Waals surface area contributed by atoms with Gasteiger partial charge in [-0.05, 0) is 19.2 Å². The van der Waals surface area contributed by atoms with E-state index in [1.165, 1.54) is 20.4 Å². The van der Waals surface area contributed by atoms with Gasteiger partial charge in [-0.1, -0.05) is 0 Å². The van der Waals surface area contributed by atoms with Gasteiger partial charge in [0.25, 0.3) is 0 Å². The fourth-order valence-corrected chi connectivity index (χ4v) is 3.98. The molecule has 1 aliphatic heterocycles. The Kier molecular flexibility index (Phi) is 5.70. The second kappa shape index (κ2) is 8.82. The SMILES string of the molecule is COc1cc(OC)c(F)c(-c2ncc3c(-c4ccc(N5CCN(C)CC5)nc4)[nH]nc3n2)c1F. The molecule has 1 aromatic carbocycles. The molecular weight excluding hydrogens is 444 g/mol. The van der Waals surface area contributed by atoms with Crippen LogP contribution in [0.15, 0.2) is 30.6 Å². The summed E-state index contributed by atoms with van der Waals surface area (Å²) in [5.41, 5.74) is 1.30. The normalized spacial score (nSPS) is 14.6. The molecule has 5 rings (SSSR count). The maximum Gasteiger partial charge on any atom is 0.185 e. The number of aromatic amines is 1. The third-order valence-electron chi connectivity index (χ3n) is 5.97. The van der Waals surface area contributed by atoms with Crippen molar-refractivity contribution in [2.24, 2.45) is 0 Å².